The lowest BCUT2D eigenvalue weighted by atomic mass is 9.70. The van der Waals surface area contributed by atoms with Crippen LogP contribution in [0.25, 0.3) is 0 Å². The van der Waals surface area contributed by atoms with E-state index in [-0.39, 0.29) is 17.6 Å². The molecule has 0 saturated carbocycles. The van der Waals surface area contributed by atoms with Crippen LogP contribution < -0.4 is 5.32 Å². The van der Waals surface area contributed by atoms with Crippen LogP contribution in [0.1, 0.15) is 56.5 Å². The molecule has 3 rings (SSSR count). The molecule has 0 radical (unpaired) electrons. The zero-order valence-corrected chi connectivity index (χ0v) is 16.5. The summed E-state index contributed by atoms with van der Waals surface area (Å²) >= 11 is 3.60. The van der Waals surface area contributed by atoms with E-state index in [0.29, 0.717) is 0 Å². The van der Waals surface area contributed by atoms with Gasteiger partial charge in [0.15, 0.2) is 0 Å². The van der Waals surface area contributed by atoms with Crippen LogP contribution in [0, 0.1) is 5.41 Å². The van der Waals surface area contributed by atoms with Gasteiger partial charge in [0.25, 0.3) is 0 Å². The Labute approximate surface area is 153 Å². The fraction of sp³-hybridized carbons (Fsp3) is 0.429. The summed E-state index contributed by atoms with van der Waals surface area (Å²) in [5, 5.41) is 3.77. The van der Waals surface area contributed by atoms with Gasteiger partial charge in [-0.1, -0.05) is 61.0 Å². The SMILES string of the molecule is CCOC1c2cc(CC)ccc2NC(c2cccc(Br)c2)C1(C)C. The Kier molecular flexibility index (Phi) is 5.03. The molecule has 0 amide bonds. The maximum absolute atomic E-state index is 6.25. The van der Waals surface area contributed by atoms with Crippen molar-refractivity contribution < 1.29 is 4.74 Å². The molecule has 2 unspecified atom stereocenters. The molecule has 1 aliphatic rings. The molecule has 0 saturated heterocycles. The Bertz CT molecular complexity index is 726. The van der Waals surface area contributed by atoms with Crippen molar-refractivity contribution in [3.8, 4) is 0 Å². The van der Waals surface area contributed by atoms with Crippen molar-refractivity contribution in [2.75, 3.05) is 11.9 Å². The number of nitrogens with one attached hydrogen (secondary N) is 1. The molecule has 3 heteroatoms. The Morgan fingerprint density at radius 1 is 1.12 bits per heavy atom. The minimum absolute atomic E-state index is 0.0594. The average molecular weight is 388 g/mol. The summed E-state index contributed by atoms with van der Waals surface area (Å²) in [5.41, 5.74) is 5.06. The van der Waals surface area contributed by atoms with E-state index in [2.05, 4.69) is 91.4 Å². The third-order valence-electron chi connectivity index (χ3n) is 5.04. The fourth-order valence-corrected chi connectivity index (χ4v) is 4.16. The number of hydrogen-bond acceptors (Lipinski definition) is 2. The largest absolute Gasteiger partial charge is 0.377 e. The minimum atomic E-state index is -0.0594. The molecular weight excluding hydrogens is 362 g/mol. The molecule has 2 aromatic rings. The van der Waals surface area contributed by atoms with Crippen LogP contribution in [0.3, 0.4) is 0 Å². The highest BCUT2D eigenvalue weighted by molar-refractivity contribution is 9.10. The number of fused-ring (bicyclic) bond motifs is 1. The highest BCUT2D eigenvalue weighted by Crippen LogP contribution is 2.53. The van der Waals surface area contributed by atoms with Gasteiger partial charge in [-0.15, -0.1) is 0 Å². The summed E-state index contributed by atoms with van der Waals surface area (Å²) in [6.45, 7) is 9.59. The Balaban J connectivity index is 2.10. The van der Waals surface area contributed by atoms with Gasteiger partial charge in [-0.25, -0.2) is 0 Å². The zero-order chi connectivity index (χ0) is 17.3. The summed E-state index contributed by atoms with van der Waals surface area (Å²) in [5.74, 6) is 0. The quantitative estimate of drug-likeness (QED) is 0.665. The van der Waals surface area contributed by atoms with Gasteiger partial charge in [-0.05, 0) is 42.7 Å². The van der Waals surface area contributed by atoms with E-state index in [0.717, 1.165) is 17.5 Å². The third-order valence-corrected chi connectivity index (χ3v) is 5.53. The van der Waals surface area contributed by atoms with Crippen molar-refractivity contribution >= 4 is 21.6 Å². The van der Waals surface area contributed by atoms with Crippen LogP contribution in [0.5, 0.6) is 0 Å². The van der Waals surface area contributed by atoms with Crippen LogP contribution in [-0.4, -0.2) is 6.61 Å². The van der Waals surface area contributed by atoms with Gasteiger partial charge in [0.1, 0.15) is 0 Å². The van der Waals surface area contributed by atoms with E-state index in [1.165, 1.54) is 22.4 Å². The Hall–Kier alpha value is -1.32. The van der Waals surface area contributed by atoms with Gasteiger partial charge in [-0.3, -0.25) is 0 Å². The Morgan fingerprint density at radius 2 is 1.92 bits per heavy atom. The first-order valence-electron chi connectivity index (χ1n) is 8.73. The van der Waals surface area contributed by atoms with Crippen molar-refractivity contribution in [1.29, 1.82) is 0 Å². The van der Waals surface area contributed by atoms with Crippen LogP contribution in [-0.2, 0) is 11.2 Å². The maximum Gasteiger partial charge on any atom is 0.0918 e. The van der Waals surface area contributed by atoms with Gasteiger partial charge in [0.2, 0.25) is 0 Å². The van der Waals surface area contributed by atoms with E-state index in [1.807, 2.05) is 0 Å². The van der Waals surface area contributed by atoms with Crippen LogP contribution >= 0.6 is 15.9 Å². The Morgan fingerprint density at radius 3 is 2.58 bits per heavy atom. The van der Waals surface area contributed by atoms with Crippen molar-refractivity contribution in [3.05, 3.63) is 63.6 Å². The molecule has 1 heterocycles. The number of halogens is 1. The topological polar surface area (TPSA) is 21.3 Å². The summed E-state index contributed by atoms with van der Waals surface area (Å²) in [6, 6.07) is 15.5. The van der Waals surface area contributed by atoms with Gasteiger partial charge in [0.05, 0.1) is 12.1 Å². The van der Waals surface area contributed by atoms with Crippen LogP contribution in [0.2, 0.25) is 0 Å². The molecule has 24 heavy (non-hydrogen) atoms. The van der Waals surface area contributed by atoms with E-state index >= 15 is 0 Å². The van der Waals surface area contributed by atoms with E-state index in [4.69, 9.17) is 4.74 Å². The third kappa shape index (κ3) is 3.12. The second kappa shape index (κ2) is 6.89. The van der Waals surface area contributed by atoms with Crippen molar-refractivity contribution in [2.24, 2.45) is 5.41 Å². The lowest BCUT2D eigenvalue weighted by Crippen LogP contribution is -2.40. The number of ether oxygens (including phenoxy) is 1. The number of anilines is 1. The highest BCUT2D eigenvalue weighted by atomic mass is 79.9. The summed E-state index contributed by atoms with van der Waals surface area (Å²) < 4.78 is 7.36. The molecular formula is C21H26BrNO. The number of rotatable bonds is 4. The molecule has 2 atom stereocenters. The number of aryl methyl sites for hydroxylation is 1. The minimum Gasteiger partial charge on any atom is -0.377 e. The monoisotopic (exact) mass is 387 g/mol. The molecule has 0 aliphatic carbocycles. The highest BCUT2D eigenvalue weighted by Gasteiger charge is 2.44. The van der Waals surface area contributed by atoms with Gasteiger partial charge >= 0.3 is 0 Å². The number of benzene rings is 2. The van der Waals surface area contributed by atoms with Crippen LogP contribution in [0.15, 0.2) is 46.9 Å². The maximum atomic E-state index is 6.25. The molecule has 0 bridgehead atoms. The first kappa shape index (κ1) is 17.5. The molecule has 0 spiro atoms. The second-order valence-electron chi connectivity index (χ2n) is 7.06. The van der Waals surface area contributed by atoms with E-state index in [1.54, 1.807) is 0 Å². The predicted molar refractivity (Wildman–Crippen MR) is 104 cm³/mol. The van der Waals surface area contributed by atoms with Gasteiger partial charge in [-0.2, -0.15) is 0 Å². The molecule has 2 nitrogen and oxygen atoms in total. The molecule has 0 fully saturated rings. The second-order valence-corrected chi connectivity index (χ2v) is 7.98. The molecule has 1 N–H and O–H groups in total. The summed E-state index contributed by atoms with van der Waals surface area (Å²) in [4.78, 5) is 0. The summed E-state index contributed by atoms with van der Waals surface area (Å²) in [7, 11) is 0. The fourth-order valence-electron chi connectivity index (χ4n) is 3.74. The molecule has 128 valence electrons. The zero-order valence-electron chi connectivity index (χ0n) is 14.9. The first-order chi connectivity index (χ1) is 11.5. The smallest absolute Gasteiger partial charge is 0.0918 e. The van der Waals surface area contributed by atoms with E-state index < -0.39 is 0 Å². The molecule has 1 aliphatic heterocycles. The normalized spacial score (nSPS) is 21.9. The van der Waals surface area contributed by atoms with Gasteiger partial charge < -0.3 is 10.1 Å². The van der Waals surface area contributed by atoms with Crippen molar-refractivity contribution in [2.45, 2.75) is 46.3 Å². The molecule has 2 aromatic carbocycles. The van der Waals surface area contributed by atoms with Crippen LogP contribution in [0.4, 0.5) is 5.69 Å². The van der Waals surface area contributed by atoms with E-state index in [9.17, 15) is 0 Å². The van der Waals surface area contributed by atoms with Crippen molar-refractivity contribution in [3.63, 3.8) is 0 Å². The summed E-state index contributed by atoms with van der Waals surface area (Å²) in [6.07, 6.45) is 1.12. The van der Waals surface area contributed by atoms with Gasteiger partial charge in [0, 0.05) is 27.7 Å². The first-order valence-corrected chi connectivity index (χ1v) is 9.53. The molecule has 0 aromatic heterocycles. The standard InChI is InChI=1S/C21H26BrNO/c1-5-14-10-11-18-17(12-14)20(24-6-2)21(3,4)19(23-18)15-8-7-9-16(22)13-15/h7-13,19-20,23H,5-6H2,1-4H3. The van der Waals surface area contributed by atoms with Crippen molar-refractivity contribution in [1.82, 2.24) is 0 Å². The number of hydrogen-bond donors (Lipinski definition) is 1. The lowest BCUT2D eigenvalue weighted by Gasteiger charge is -2.47. The average Bonchev–Trinajstić information content (AvgIpc) is 2.56. The predicted octanol–water partition coefficient (Wildman–Crippen LogP) is 6.28. The lowest BCUT2D eigenvalue weighted by molar-refractivity contribution is -0.0354.